The number of hydrogen-bond acceptors (Lipinski definition) is 7. The van der Waals surface area contributed by atoms with Gasteiger partial charge in [0.15, 0.2) is 0 Å². The van der Waals surface area contributed by atoms with Crippen molar-refractivity contribution in [1.82, 2.24) is 10.2 Å². The van der Waals surface area contributed by atoms with Crippen molar-refractivity contribution in [2.45, 2.75) is 18.9 Å². The summed E-state index contributed by atoms with van der Waals surface area (Å²) in [5.41, 5.74) is 0.288. The molecule has 0 radical (unpaired) electrons. The fourth-order valence-corrected chi connectivity index (χ4v) is 3.96. The fraction of sp³-hybridized carbons (Fsp3) is 0.440. The second-order valence-corrected chi connectivity index (χ2v) is 8.69. The molecule has 0 aliphatic carbocycles. The number of amides is 1. The lowest BCUT2D eigenvalue weighted by atomic mass is 9.98. The van der Waals surface area contributed by atoms with Crippen LogP contribution in [0.4, 0.5) is 0 Å². The van der Waals surface area contributed by atoms with Gasteiger partial charge in [-0.1, -0.05) is 23.7 Å². The number of benzene rings is 2. The lowest BCUT2D eigenvalue weighted by Gasteiger charge is -2.33. The number of methoxy groups -OCH3 is 1. The van der Waals surface area contributed by atoms with E-state index >= 15 is 0 Å². The van der Waals surface area contributed by atoms with Gasteiger partial charge in [-0.2, -0.15) is 0 Å². The van der Waals surface area contributed by atoms with Crippen molar-refractivity contribution in [3.63, 3.8) is 0 Å². The topological polar surface area (TPSA) is 97.3 Å². The van der Waals surface area contributed by atoms with Crippen LogP contribution in [0.25, 0.3) is 0 Å². The molecule has 3 rings (SSSR count). The maximum absolute atomic E-state index is 12.4. The zero-order valence-electron chi connectivity index (χ0n) is 19.2. The first kappa shape index (κ1) is 25.8. The Bertz CT molecular complexity index is 939. The van der Waals surface area contributed by atoms with Crippen molar-refractivity contribution in [3.8, 4) is 11.5 Å². The van der Waals surface area contributed by atoms with Gasteiger partial charge in [-0.25, -0.2) is 0 Å². The second-order valence-electron chi connectivity index (χ2n) is 8.25. The first-order valence-electron chi connectivity index (χ1n) is 11.3. The summed E-state index contributed by atoms with van der Waals surface area (Å²) in [5.74, 6) is 0.522. The quantitative estimate of drug-likeness (QED) is 0.467. The number of carbonyl (C=O) groups excluding carboxylic acids is 2. The lowest BCUT2D eigenvalue weighted by Crippen LogP contribution is -2.43. The molecule has 34 heavy (non-hydrogen) atoms. The Balaban J connectivity index is 1.44. The van der Waals surface area contributed by atoms with Crippen molar-refractivity contribution < 1.29 is 28.9 Å². The normalized spacial score (nSPS) is 17.0. The van der Waals surface area contributed by atoms with Crippen LogP contribution in [-0.4, -0.2) is 74.5 Å². The van der Waals surface area contributed by atoms with E-state index in [9.17, 15) is 14.7 Å². The van der Waals surface area contributed by atoms with E-state index < -0.39 is 18.0 Å². The number of esters is 1. The zero-order chi connectivity index (χ0) is 24.3. The zero-order valence-corrected chi connectivity index (χ0v) is 20.0. The van der Waals surface area contributed by atoms with Gasteiger partial charge in [0.05, 0.1) is 19.3 Å². The van der Waals surface area contributed by atoms with Crippen LogP contribution in [0.5, 0.6) is 11.5 Å². The fourth-order valence-electron chi connectivity index (χ4n) is 3.83. The maximum atomic E-state index is 12.4. The average molecular weight is 491 g/mol. The van der Waals surface area contributed by atoms with Crippen molar-refractivity contribution in [2.75, 3.05) is 46.5 Å². The van der Waals surface area contributed by atoms with Crippen LogP contribution < -0.4 is 14.8 Å². The van der Waals surface area contributed by atoms with Crippen molar-refractivity contribution in [2.24, 2.45) is 5.92 Å². The van der Waals surface area contributed by atoms with Gasteiger partial charge in [-0.05, 0) is 55.8 Å². The summed E-state index contributed by atoms with van der Waals surface area (Å²) in [5, 5.41) is 13.7. The number of nitrogens with zero attached hydrogens (tertiary/aromatic N) is 1. The van der Waals surface area contributed by atoms with Gasteiger partial charge in [0.25, 0.3) is 5.91 Å². The number of β-amino-alcohol motifs (C(OH)–C–C–N with tert-alkyl or cyclic N) is 1. The van der Waals surface area contributed by atoms with Gasteiger partial charge >= 0.3 is 5.97 Å². The number of nitrogens with one attached hydrogen (secondary N) is 1. The van der Waals surface area contributed by atoms with Crippen molar-refractivity contribution >= 4 is 23.5 Å². The molecule has 0 saturated carbocycles. The Hall–Kier alpha value is -2.81. The summed E-state index contributed by atoms with van der Waals surface area (Å²) in [6, 6.07) is 14.0. The molecule has 2 unspecified atom stereocenters. The van der Waals surface area contributed by atoms with E-state index in [0.717, 1.165) is 31.7 Å². The van der Waals surface area contributed by atoms with Gasteiger partial charge in [-0.3, -0.25) is 9.59 Å². The van der Waals surface area contributed by atoms with Gasteiger partial charge in [0, 0.05) is 24.0 Å². The number of likely N-dealkylation sites (tertiary alicyclic amines) is 1. The third kappa shape index (κ3) is 8.20. The monoisotopic (exact) mass is 490 g/mol. The first-order chi connectivity index (χ1) is 16.4. The van der Waals surface area contributed by atoms with Gasteiger partial charge in [0.1, 0.15) is 30.8 Å². The highest BCUT2D eigenvalue weighted by atomic mass is 35.5. The highest BCUT2D eigenvalue weighted by Gasteiger charge is 2.23. The molecule has 1 heterocycles. The Morgan fingerprint density at radius 3 is 2.71 bits per heavy atom. The number of ether oxygens (including phenoxy) is 3. The highest BCUT2D eigenvalue weighted by molar-refractivity contribution is 6.30. The number of aliphatic hydroxyl groups excluding tert-OH is 1. The molecular weight excluding hydrogens is 460 g/mol. The molecule has 1 aliphatic rings. The van der Waals surface area contributed by atoms with Crippen LogP contribution in [0.2, 0.25) is 5.02 Å². The average Bonchev–Trinajstić information content (AvgIpc) is 2.86. The van der Waals surface area contributed by atoms with Crippen LogP contribution >= 0.6 is 11.6 Å². The number of para-hydroxylation sites is 1. The van der Waals surface area contributed by atoms with E-state index in [1.54, 1.807) is 36.4 Å². The number of halogens is 1. The number of piperidine rings is 1. The number of carbonyl (C=O) groups is 2. The molecule has 2 N–H and O–H groups in total. The van der Waals surface area contributed by atoms with E-state index in [0.29, 0.717) is 29.8 Å². The summed E-state index contributed by atoms with van der Waals surface area (Å²) >= 11 is 5.92. The minimum Gasteiger partial charge on any atom is -0.493 e. The second kappa shape index (κ2) is 13.2. The number of aliphatic hydroxyl groups is 1. The predicted octanol–water partition coefficient (Wildman–Crippen LogP) is 2.77. The summed E-state index contributed by atoms with van der Waals surface area (Å²) in [4.78, 5) is 25.9. The van der Waals surface area contributed by atoms with Crippen LogP contribution in [0.15, 0.2) is 48.5 Å². The Morgan fingerprint density at radius 2 is 1.94 bits per heavy atom. The van der Waals surface area contributed by atoms with Gasteiger partial charge < -0.3 is 29.5 Å². The van der Waals surface area contributed by atoms with Gasteiger partial charge in [-0.15, -0.1) is 0 Å². The molecule has 9 heteroatoms. The first-order valence-corrected chi connectivity index (χ1v) is 11.7. The summed E-state index contributed by atoms with van der Waals surface area (Å²) in [6.45, 7) is 2.62. The SMILES string of the molecule is COC(=O)CNC(=O)c1ccccc1OCC(O)CN1CCCC(COc2ccc(Cl)cc2)C1. The molecule has 2 aromatic rings. The van der Waals surface area contributed by atoms with Crippen molar-refractivity contribution in [1.29, 1.82) is 0 Å². The van der Waals surface area contributed by atoms with E-state index in [4.69, 9.17) is 21.1 Å². The van der Waals surface area contributed by atoms with Gasteiger partial charge in [0.2, 0.25) is 0 Å². The Labute approximate surface area is 204 Å². The molecule has 184 valence electrons. The Kier molecular flexibility index (Phi) is 10.00. The van der Waals surface area contributed by atoms with Crippen molar-refractivity contribution in [3.05, 3.63) is 59.1 Å². The molecular formula is C25H31ClN2O6. The minimum atomic E-state index is -0.720. The molecule has 0 spiro atoms. The van der Waals surface area contributed by atoms with Crippen LogP contribution in [-0.2, 0) is 9.53 Å². The van der Waals surface area contributed by atoms with E-state index in [-0.39, 0.29) is 18.7 Å². The van der Waals surface area contributed by atoms with E-state index in [2.05, 4.69) is 15.0 Å². The van der Waals surface area contributed by atoms with Crippen LogP contribution in [0.1, 0.15) is 23.2 Å². The largest absolute Gasteiger partial charge is 0.493 e. The van der Waals surface area contributed by atoms with E-state index in [1.807, 2.05) is 12.1 Å². The standard InChI is InChI=1S/C25H31ClN2O6/c1-32-24(30)13-27-25(31)22-6-2-3-7-23(22)34-17-20(29)15-28-12-4-5-18(14-28)16-33-21-10-8-19(26)9-11-21/h2-3,6-11,18,20,29H,4-5,12-17H2,1H3,(H,27,31). The van der Waals surface area contributed by atoms with Crippen LogP contribution in [0, 0.1) is 5.92 Å². The molecule has 2 aromatic carbocycles. The summed E-state index contributed by atoms with van der Waals surface area (Å²) in [7, 11) is 1.25. The number of hydrogen-bond donors (Lipinski definition) is 2. The number of rotatable bonds is 11. The summed E-state index contributed by atoms with van der Waals surface area (Å²) < 4.78 is 16.2. The molecule has 1 fully saturated rings. The predicted molar refractivity (Wildman–Crippen MR) is 128 cm³/mol. The third-order valence-electron chi connectivity index (χ3n) is 5.56. The maximum Gasteiger partial charge on any atom is 0.325 e. The smallest absolute Gasteiger partial charge is 0.325 e. The molecule has 1 amide bonds. The molecule has 0 bridgehead atoms. The van der Waals surface area contributed by atoms with Crippen LogP contribution in [0.3, 0.4) is 0 Å². The molecule has 1 saturated heterocycles. The highest BCUT2D eigenvalue weighted by Crippen LogP contribution is 2.21. The molecule has 0 aromatic heterocycles. The molecule has 2 atom stereocenters. The lowest BCUT2D eigenvalue weighted by molar-refractivity contribution is -0.139. The molecule has 8 nitrogen and oxygen atoms in total. The Morgan fingerprint density at radius 1 is 1.18 bits per heavy atom. The summed E-state index contributed by atoms with van der Waals surface area (Å²) in [6.07, 6.45) is 1.39. The molecule has 1 aliphatic heterocycles. The minimum absolute atomic E-state index is 0.0454. The van der Waals surface area contributed by atoms with E-state index in [1.165, 1.54) is 7.11 Å². The third-order valence-corrected chi connectivity index (χ3v) is 5.81.